The quantitative estimate of drug-likeness (QED) is 0.745. The number of fused-ring (bicyclic) bond motifs is 1. The lowest BCUT2D eigenvalue weighted by molar-refractivity contribution is 0.0633. The molecule has 0 radical (unpaired) electrons. The van der Waals surface area contributed by atoms with E-state index in [0.29, 0.717) is 24.3 Å². The minimum atomic E-state index is -0.0990. The summed E-state index contributed by atoms with van der Waals surface area (Å²) in [5, 5.41) is 11.4. The van der Waals surface area contributed by atoms with E-state index in [1.54, 1.807) is 7.11 Å². The number of carbonyl (C=O) groups is 1. The molecule has 1 atom stereocenters. The smallest absolute Gasteiger partial charge is 0.255 e. The molecule has 1 aliphatic heterocycles. The van der Waals surface area contributed by atoms with Crippen molar-refractivity contribution in [2.24, 2.45) is 0 Å². The molecule has 140 valence electrons. The van der Waals surface area contributed by atoms with Crippen LogP contribution in [0.1, 0.15) is 33.4 Å². The van der Waals surface area contributed by atoms with Crippen molar-refractivity contribution < 1.29 is 9.53 Å². The molecule has 0 saturated carbocycles. The lowest BCUT2D eigenvalue weighted by Crippen LogP contribution is -2.48. The highest BCUT2D eigenvalue weighted by molar-refractivity contribution is 6.06. The fraction of sp³-hybridized carbons (Fsp3) is 0.350. The Morgan fingerprint density at radius 2 is 2.11 bits per heavy atom. The van der Waals surface area contributed by atoms with Gasteiger partial charge in [-0.1, -0.05) is 18.2 Å². The molecule has 3 aromatic rings. The second-order valence-electron chi connectivity index (χ2n) is 6.82. The minimum absolute atomic E-state index is 0.00703. The summed E-state index contributed by atoms with van der Waals surface area (Å²) in [4.78, 5) is 20.0. The van der Waals surface area contributed by atoms with E-state index in [1.807, 2.05) is 49.1 Å². The highest BCUT2D eigenvalue weighted by Gasteiger charge is 2.32. The Bertz CT molecular complexity index is 997. The van der Waals surface area contributed by atoms with Crippen molar-refractivity contribution in [2.45, 2.75) is 19.9 Å². The largest absolute Gasteiger partial charge is 0.496 e. The van der Waals surface area contributed by atoms with Gasteiger partial charge in [0.15, 0.2) is 5.65 Å². The van der Waals surface area contributed by atoms with Gasteiger partial charge in [-0.3, -0.25) is 9.89 Å². The second-order valence-corrected chi connectivity index (χ2v) is 6.82. The van der Waals surface area contributed by atoms with Gasteiger partial charge in [0.1, 0.15) is 5.75 Å². The Hall–Kier alpha value is -2.93. The van der Waals surface area contributed by atoms with E-state index in [0.717, 1.165) is 34.6 Å². The number of hydrogen-bond acceptors (Lipinski definition) is 5. The number of piperazine rings is 1. The molecule has 4 rings (SSSR count). The second kappa shape index (κ2) is 7.00. The van der Waals surface area contributed by atoms with Crippen molar-refractivity contribution in [1.82, 2.24) is 25.4 Å². The summed E-state index contributed by atoms with van der Waals surface area (Å²) in [7, 11) is 1.66. The maximum Gasteiger partial charge on any atom is 0.255 e. The molecule has 1 aromatic carbocycles. The normalized spacial score (nSPS) is 17.3. The van der Waals surface area contributed by atoms with Gasteiger partial charge in [-0.25, -0.2) is 4.98 Å². The van der Waals surface area contributed by atoms with Gasteiger partial charge in [0.25, 0.3) is 5.91 Å². The predicted octanol–water partition coefficient (Wildman–Crippen LogP) is 2.37. The van der Waals surface area contributed by atoms with Crippen LogP contribution in [0.2, 0.25) is 0 Å². The number of aromatic amines is 1. The summed E-state index contributed by atoms with van der Waals surface area (Å²) in [6, 6.07) is 9.63. The number of amides is 1. The maximum absolute atomic E-state index is 13.6. The average molecular weight is 365 g/mol. The van der Waals surface area contributed by atoms with Crippen LogP contribution in [-0.4, -0.2) is 52.7 Å². The van der Waals surface area contributed by atoms with Crippen molar-refractivity contribution >= 4 is 16.9 Å². The van der Waals surface area contributed by atoms with E-state index in [4.69, 9.17) is 4.74 Å². The summed E-state index contributed by atoms with van der Waals surface area (Å²) in [5.74, 6) is 0.784. The zero-order chi connectivity index (χ0) is 19.0. The van der Waals surface area contributed by atoms with Crippen molar-refractivity contribution in [2.75, 3.05) is 26.7 Å². The lowest BCUT2D eigenvalue weighted by atomic mass is 10.00. The van der Waals surface area contributed by atoms with E-state index in [9.17, 15) is 4.79 Å². The Kier molecular flexibility index (Phi) is 4.53. The minimum Gasteiger partial charge on any atom is -0.496 e. The van der Waals surface area contributed by atoms with Gasteiger partial charge in [0.2, 0.25) is 0 Å². The Morgan fingerprint density at radius 3 is 2.93 bits per heavy atom. The van der Waals surface area contributed by atoms with Gasteiger partial charge in [0.05, 0.1) is 24.1 Å². The van der Waals surface area contributed by atoms with E-state index in [1.165, 1.54) is 0 Å². The Morgan fingerprint density at radius 1 is 1.30 bits per heavy atom. The number of nitrogens with one attached hydrogen (secondary N) is 2. The number of aromatic nitrogens is 3. The number of ether oxygens (including phenoxy) is 1. The van der Waals surface area contributed by atoms with Gasteiger partial charge in [-0.2, -0.15) is 5.10 Å². The van der Waals surface area contributed by atoms with Crippen molar-refractivity contribution in [1.29, 1.82) is 0 Å². The van der Waals surface area contributed by atoms with Gasteiger partial charge in [-0.15, -0.1) is 0 Å². The molecule has 7 nitrogen and oxygen atoms in total. The van der Waals surface area contributed by atoms with E-state index in [-0.39, 0.29) is 11.9 Å². The van der Waals surface area contributed by atoms with Gasteiger partial charge in [0, 0.05) is 36.6 Å². The highest BCUT2D eigenvalue weighted by atomic mass is 16.5. The molecule has 27 heavy (non-hydrogen) atoms. The summed E-state index contributed by atoms with van der Waals surface area (Å²) >= 11 is 0. The number of methoxy groups -OCH3 is 1. The number of aryl methyl sites for hydroxylation is 2. The summed E-state index contributed by atoms with van der Waals surface area (Å²) in [6.07, 6.45) is 0. The SMILES string of the molecule is COc1ccccc1C1CNCCN1C(=O)c1cc(C)nc2n[nH]c(C)c12. The summed E-state index contributed by atoms with van der Waals surface area (Å²) in [6.45, 7) is 5.87. The van der Waals surface area contributed by atoms with Crippen LogP contribution in [0, 0.1) is 13.8 Å². The van der Waals surface area contributed by atoms with Crippen LogP contribution in [0.25, 0.3) is 11.0 Å². The van der Waals surface area contributed by atoms with Gasteiger partial charge >= 0.3 is 0 Å². The molecule has 0 aliphatic carbocycles. The van der Waals surface area contributed by atoms with E-state index in [2.05, 4.69) is 20.5 Å². The average Bonchev–Trinajstić information content (AvgIpc) is 3.07. The predicted molar refractivity (Wildman–Crippen MR) is 103 cm³/mol. The first-order chi connectivity index (χ1) is 13.1. The topological polar surface area (TPSA) is 83.1 Å². The third kappa shape index (κ3) is 3.04. The molecule has 1 saturated heterocycles. The molecule has 7 heteroatoms. The van der Waals surface area contributed by atoms with Crippen molar-refractivity contribution in [3.63, 3.8) is 0 Å². The zero-order valence-electron chi connectivity index (χ0n) is 15.7. The van der Waals surface area contributed by atoms with Crippen LogP contribution in [-0.2, 0) is 0 Å². The van der Waals surface area contributed by atoms with Crippen LogP contribution >= 0.6 is 0 Å². The Labute approximate surface area is 157 Å². The molecule has 2 N–H and O–H groups in total. The lowest BCUT2D eigenvalue weighted by Gasteiger charge is -2.37. The number of H-pyrrole nitrogens is 1. The number of para-hydroxylation sites is 1. The first-order valence-corrected chi connectivity index (χ1v) is 9.07. The molecular formula is C20H23N5O2. The number of rotatable bonds is 3. The van der Waals surface area contributed by atoms with Crippen LogP contribution in [0.4, 0.5) is 0 Å². The molecule has 1 fully saturated rings. The molecule has 0 bridgehead atoms. The third-order valence-corrected chi connectivity index (χ3v) is 5.07. The monoisotopic (exact) mass is 365 g/mol. The molecule has 1 amide bonds. The molecule has 2 aromatic heterocycles. The van der Waals surface area contributed by atoms with Crippen molar-refractivity contribution in [3.05, 3.63) is 52.8 Å². The first kappa shape index (κ1) is 17.5. The van der Waals surface area contributed by atoms with Gasteiger partial charge in [-0.05, 0) is 26.0 Å². The van der Waals surface area contributed by atoms with Gasteiger partial charge < -0.3 is 15.0 Å². The molecule has 1 unspecified atom stereocenters. The standard InChI is InChI=1S/C20H23N5O2/c1-12-10-15(18-13(2)23-24-19(18)22-12)20(26)25-9-8-21-11-16(25)14-6-4-5-7-17(14)27-3/h4-7,10,16,21H,8-9,11H2,1-3H3,(H,22,23,24). The van der Waals surface area contributed by atoms with Crippen LogP contribution in [0.3, 0.4) is 0 Å². The maximum atomic E-state index is 13.6. The summed E-state index contributed by atoms with van der Waals surface area (Å²) in [5.41, 5.74) is 3.86. The zero-order valence-corrected chi connectivity index (χ0v) is 15.7. The van der Waals surface area contributed by atoms with Crippen LogP contribution in [0.5, 0.6) is 5.75 Å². The highest BCUT2D eigenvalue weighted by Crippen LogP contribution is 2.32. The number of hydrogen-bond donors (Lipinski definition) is 2. The number of pyridine rings is 1. The first-order valence-electron chi connectivity index (χ1n) is 9.07. The summed E-state index contributed by atoms with van der Waals surface area (Å²) < 4.78 is 5.54. The fourth-order valence-electron chi connectivity index (χ4n) is 3.79. The van der Waals surface area contributed by atoms with Crippen molar-refractivity contribution in [3.8, 4) is 5.75 Å². The van der Waals surface area contributed by atoms with E-state index < -0.39 is 0 Å². The Balaban J connectivity index is 1.79. The number of benzene rings is 1. The number of carbonyl (C=O) groups excluding carboxylic acids is 1. The fourth-order valence-corrected chi connectivity index (χ4v) is 3.79. The third-order valence-electron chi connectivity index (χ3n) is 5.07. The van der Waals surface area contributed by atoms with Crippen LogP contribution < -0.4 is 10.1 Å². The van der Waals surface area contributed by atoms with Crippen LogP contribution in [0.15, 0.2) is 30.3 Å². The van der Waals surface area contributed by atoms with E-state index >= 15 is 0 Å². The molecule has 0 spiro atoms. The molecule has 3 heterocycles. The molecule has 1 aliphatic rings. The molecular weight excluding hydrogens is 342 g/mol. The number of nitrogens with zero attached hydrogens (tertiary/aromatic N) is 3.